The average molecular weight is 659 g/mol. The van der Waals surface area contributed by atoms with Crippen molar-refractivity contribution in [3.63, 3.8) is 0 Å². The Morgan fingerprint density at radius 3 is 2.15 bits per heavy atom. The topological polar surface area (TPSA) is 86.8 Å². The number of halogens is 4. The van der Waals surface area contributed by atoms with Crippen LogP contribution >= 0.6 is 46.4 Å². The van der Waals surface area contributed by atoms with E-state index in [9.17, 15) is 18.0 Å². The van der Waals surface area contributed by atoms with E-state index in [0.717, 1.165) is 4.31 Å². The Bertz CT molecular complexity index is 1490. The number of carbonyl (C=O) groups is 2. The van der Waals surface area contributed by atoms with E-state index in [4.69, 9.17) is 46.4 Å². The molecule has 7 nitrogen and oxygen atoms in total. The molecule has 12 heteroatoms. The second-order valence-electron chi connectivity index (χ2n) is 9.75. The van der Waals surface area contributed by atoms with Crippen LogP contribution in [0.5, 0.6) is 0 Å². The summed E-state index contributed by atoms with van der Waals surface area (Å²) in [6.07, 6.45) is 0.278. The van der Waals surface area contributed by atoms with Crippen molar-refractivity contribution in [1.29, 1.82) is 0 Å². The van der Waals surface area contributed by atoms with Crippen LogP contribution in [-0.4, -0.2) is 44.3 Å². The molecule has 0 aromatic heterocycles. The smallest absolute Gasteiger partial charge is 0.264 e. The van der Waals surface area contributed by atoms with Gasteiger partial charge in [0.05, 0.1) is 25.7 Å². The molecular formula is C29H31Cl4N3O4S. The van der Waals surface area contributed by atoms with Crippen LogP contribution in [0.25, 0.3) is 0 Å². The van der Waals surface area contributed by atoms with E-state index in [-0.39, 0.29) is 50.4 Å². The fourth-order valence-electron chi connectivity index (χ4n) is 4.09. The number of carbonyl (C=O) groups excluding carboxylic acids is 2. The minimum Gasteiger partial charge on any atom is -0.354 e. The highest BCUT2D eigenvalue weighted by Crippen LogP contribution is 2.33. The van der Waals surface area contributed by atoms with Gasteiger partial charge in [-0.05, 0) is 60.4 Å². The van der Waals surface area contributed by atoms with Crippen LogP contribution < -0.4 is 9.62 Å². The molecule has 0 bridgehead atoms. The first-order chi connectivity index (χ1) is 19.3. The molecule has 1 N–H and O–H groups in total. The van der Waals surface area contributed by atoms with Crippen molar-refractivity contribution < 1.29 is 18.0 Å². The van der Waals surface area contributed by atoms with E-state index in [1.54, 1.807) is 43.3 Å². The van der Waals surface area contributed by atoms with Gasteiger partial charge in [-0.3, -0.25) is 13.9 Å². The lowest BCUT2D eigenvalue weighted by molar-refractivity contribution is -0.140. The van der Waals surface area contributed by atoms with Gasteiger partial charge in [0.15, 0.2) is 0 Å². The molecule has 0 aliphatic rings. The monoisotopic (exact) mass is 657 g/mol. The number of rotatable bonds is 12. The SMILES string of the molecule is CC[C@H](C(=O)NCC(C)C)N(Cc1ccc(Cl)c(Cl)c1)C(=O)CN(c1cc(Cl)ccc1Cl)S(=O)(=O)c1ccccc1. The quantitative estimate of drug-likeness (QED) is 0.225. The maximum absolute atomic E-state index is 14.1. The summed E-state index contributed by atoms with van der Waals surface area (Å²) < 4.78 is 28.7. The molecule has 0 heterocycles. The molecule has 3 aromatic rings. The second kappa shape index (κ2) is 14.6. The van der Waals surface area contributed by atoms with Crippen molar-refractivity contribution in [1.82, 2.24) is 10.2 Å². The maximum atomic E-state index is 14.1. The Hall–Kier alpha value is -2.49. The van der Waals surface area contributed by atoms with Crippen LogP contribution in [0.15, 0.2) is 71.6 Å². The number of anilines is 1. The van der Waals surface area contributed by atoms with Crippen molar-refractivity contribution in [3.8, 4) is 0 Å². The molecule has 0 spiro atoms. The summed E-state index contributed by atoms with van der Waals surface area (Å²) in [4.78, 5) is 28.7. The molecule has 2 amide bonds. The molecule has 3 aromatic carbocycles. The van der Waals surface area contributed by atoms with E-state index in [1.165, 1.54) is 35.2 Å². The average Bonchev–Trinajstić information content (AvgIpc) is 2.94. The van der Waals surface area contributed by atoms with Gasteiger partial charge in [0.1, 0.15) is 12.6 Å². The molecule has 0 aliphatic carbocycles. The summed E-state index contributed by atoms with van der Waals surface area (Å²) in [6.45, 7) is 5.44. The summed E-state index contributed by atoms with van der Waals surface area (Å²) >= 11 is 25.0. The number of nitrogens with one attached hydrogen (secondary N) is 1. The van der Waals surface area contributed by atoms with Crippen LogP contribution in [0.4, 0.5) is 5.69 Å². The number of hydrogen-bond acceptors (Lipinski definition) is 4. The molecule has 0 saturated heterocycles. The van der Waals surface area contributed by atoms with Crippen LogP contribution in [0.3, 0.4) is 0 Å². The normalized spacial score (nSPS) is 12.2. The molecule has 41 heavy (non-hydrogen) atoms. The van der Waals surface area contributed by atoms with Crippen LogP contribution in [0, 0.1) is 5.92 Å². The molecule has 0 radical (unpaired) electrons. The van der Waals surface area contributed by atoms with Crippen LogP contribution in [0.1, 0.15) is 32.8 Å². The predicted octanol–water partition coefficient (Wildman–Crippen LogP) is 7.08. The van der Waals surface area contributed by atoms with Crippen molar-refractivity contribution in [2.75, 3.05) is 17.4 Å². The Balaban J connectivity index is 2.09. The van der Waals surface area contributed by atoms with E-state index in [1.807, 2.05) is 13.8 Å². The minimum atomic E-state index is -4.28. The molecular weight excluding hydrogens is 628 g/mol. The van der Waals surface area contributed by atoms with Crippen molar-refractivity contribution >= 4 is 73.9 Å². The first kappa shape index (κ1) is 33.0. The number of hydrogen-bond donors (Lipinski definition) is 1. The first-order valence-electron chi connectivity index (χ1n) is 12.9. The highest BCUT2D eigenvalue weighted by atomic mass is 35.5. The number of benzene rings is 3. The molecule has 0 fully saturated rings. The van der Waals surface area contributed by atoms with E-state index >= 15 is 0 Å². The van der Waals surface area contributed by atoms with Crippen molar-refractivity contribution in [3.05, 3.63) is 92.4 Å². The van der Waals surface area contributed by atoms with Gasteiger partial charge in [-0.25, -0.2) is 8.42 Å². The molecule has 0 aliphatic heterocycles. The fourth-order valence-corrected chi connectivity index (χ4v) is 6.29. The summed E-state index contributed by atoms with van der Waals surface area (Å²) in [5.41, 5.74) is 0.643. The lowest BCUT2D eigenvalue weighted by Crippen LogP contribution is -2.52. The van der Waals surface area contributed by atoms with Gasteiger partial charge in [-0.15, -0.1) is 0 Å². The first-order valence-corrected chi connectivity index (χ1v) is 15.8. The van der Waals surface area contributed by atoms with Crippen LogP contribution in [0.2, 0.25) is 20.1 Å². The minimum absolute atomic E-state index is 0.0220. The Morgan fingerprint density at radius 2 is 1.54 bits per heavy atom. The predicted molar refractivity (Wildman–Crippen MR) is 166 cm³/mol. The van der Waals surface area contributed by atoms with Crippen molar-refractivity contribution in [2.45, 2.75) is 44.7 Å². The highest BCUT2D eigenvalue weighted by molar-refractivity contribution is 7.92. The molecule has 0 saturated carbocycles. The van der Waals surface area contributed by atoms with E-state index in [0.29, 0.717) is 17.1 Å². The summed E-state index contributed by atoms with van der Waals surface area (Å²) in [7, 11) is -4.28. The Kier molecular flexibility index (Phi) is 11.8. The van der Waals surface area contributed by atoms with E-state index < -0.39 is 28.5 Å². The van der Waals surface area contributed by atoms with Crippen molar-refractivity contribution in [2.24, 2.45) is 5.92 Å². The standard InChI is InChI=1S/C29H31Cl4N3O4S/c1-4-26(29(38)34-16-19(2)3)35(17-20-10-12-23(31)25(33)14-20)28(37)18-36(27-15-21(30)11-13-24(27)32)41(39,40)22-8-6-5-7-9-22/h5-15,19,26H,4,16-18H2,1-3H3,(H,34,38)/t26-/m1/s1. The largest absolute Gasteiger partial charge is 0.354 e. The maximum Gasteiger partial charge on any atom is 0.264 e. The third-order valence-corrected chi connectivity index (χ3v) is 9.26. The Labute approximate surface area is 261 Å². The zero-order valence-electron chi connectivity index (χ0n) is 22.8. The van der Waals surface area contributed by atoms with Gasteiger partial charge < -0.3 is 10.2 Å². The van der Waals surface area contributed by atoms with Gasteiger partial charge in [-0.2, -0.15) is 0 Å². The third kappa shape index (κ3) is 8.52. The number of nitrogens with zero attached hydrogens (tertiary/aromatic N) is 2. The molecule has 220 valence electrons. The summed E-state index contributed by atoms with van der Waals surface area (Å²) in [5, 5.41) is 3.82. The highest BCUT2D eigenvalue weighted by Gasteiger charge is 2.34. The summed E-state index contributed by atoms with van der Waals surface area (Å²) in [5.74, 6) is -0.793. The third-order valence-electron chi connectivity index (χ3n) is 6.19. The zero-order valence-corrected chi connectivity index (χ0v) is 26.6. The molecule has 3 rings (SSSR count). The number of amides is 2. The van der Waals surface area contributed by atoms with Gasteiger partial charge in [-0.1, -0.05) is 91.4 Å². The van der Waals surface area contributed by atoms with Crippen LogP contribution in [-0.2, 0) is 26.2 Å². The lowest BCUT2D eigenvalue weighted by atomic mass is 10.1. The van der Waals surface area contributed by atoms with Gasteiger partial charge in [0.25, 0.3) is 10.0 Å². The Morgan fingerprint density at radius 1 is 0.878 bits per heavy atom. The van der Waals surface area contributed by atoms with E-state index in [2.05, 4.69) is 5.32 Å². The molecule has 0 unspecified atom stereocenters. The molecule has 1 atom stereocenters. The zero-order chi connectivity index (χ0) is 30.3. The summed E-state index contributed by atoms with van der Waals surface area (Å²) in [6, 6.07) is 16.0. The lowest BCUT2D eigenvalue weighted by Gasteiger charge is -2.33. The number of sulfonamides is 1. The second-order valence-corrected chi connectivity index (χ2v) is 13.3. The van der Waals surface area contributed by atoms with Gasteiger partial charge in [0.2, 0.25) is 11.8 Å². The fraction of sp³-hybridized carbons (Fsp3) is 0.310. The van der Waals surface area contributed by atoms with Gasteiger partial charge >= 0.3 is 0 Å². The van der Waals surface area contributed by atoms with Gasteiger partial charge in [0, 0.05) is 18.1 Å².